The summed E-state index contributed by atoms with van der Waals surface area (Å²) in [4.78, 5) is 0. The lowest BCUT2D eigenvalue weighted by molar-refractivity contribution is 0.259. The molecule has 0 unspecified atom stereocenters. The van der Waals surface area contributed by atoms with Crippen molar-refractivity contribution in [2.75, 3.05) is 0 Å². The molecule has 3 rings (SSSR count). The van der Waals surface area contributed by atoms with Crippen molar-refractivity contribution in [3.63, 3.8) is 0 Å². The van der Waals surface area contributed by atoms with Crippen LogP contribution < -0.4 is 0 Å². The van der Waals surface area contributed by atoms with Gasteiger partial charge >= 0.3 is 0 Å². The van der Waals surface area contributed by atoms with Gasteiger partial charge in [0.25, 0.3) is 0 Å². The van der Waals surface area contributed by atoms with Crippen LogP contribution in [0.25, 0.3) is 11.3 Å². The fourth-order valence-electron chi connectivity index (χ4n) is 4.04. The Balaban J connectivity index is 1.52. The Bertz CT molecular complexity index is 622. The number of hydrogen-bond donors (Lipinski definition) is 0. The second-order valence-electron chi connectivity index (χ2n) is 7.69. The van der Waals surface area contributed by atoms with E-state index in [-0.39, 0.29) is 0 Å². The molecule has 0 amide bonds. The van der Waals surface area contributed by atoms with Crippen LogP contribution in [0.4, 0.5) is 0 Å². The van der Waals surface area contributed by atoms with E-state index in [2.05, 4.69) is 60.4 Å². The highest BCUT2D eigenvalue weighted by Crippen LogP contribution is 2.33. The molecule has 25 heavy (non-hydrogen) atoms. The molecule has 0 saturated heterocycles. The number of rotatable bonds is 7. The molecule has 1 aromatic carbocycles. The fraction of sp³-hybridized carbons (Fsp3) is 0.565. The Morgan fingerprint density at radius 1 is 0.800 bits per heavy atom. The summed E-state index contributed by atoms with van der Waals surface area (Å²) in [6.45, 7) is 4.51. The molecule has 1 saturated carbocycles. The van der Waals surface area contributed by atoms with E-state index in [0.29, 0.717) is 0 Å². The summed E-state index contributed by atoms with van der Waals surface area (Å²) in [6, 6.07) is 13.1. The van der Waals surface area contributed by atoms with Gasteiger partial charge < -0.3 is 0 Å². The van der Waals surface area contributed by atoms with E-state index in [1.807, 2.05) is 0 Å². The van der Waals surface area contributed by atoms with Gasteiger partial charge in [0.15, 0.2) is 0 Å². The maximum Gasteiger partial charge on any atom is 0.0929 e. The smallest absolute Gasteiger partial charge is 0.0929 e. The van der Waals surface area contributed by atoms with Gasteiger partial charge in [-0.3, -0.25) is 0 Å². The lowest BCUT2D eigenvalue weighted by atomic mass is 9.78. The molecule has 1 aliphatic rings. The van der Waals surface area contributed by atoms with Crippen molar-refractivity contribution in [1.29, 1.82) is 0 Å². The minimum atomic E-state index is 0.944. The quantitative estimate of drug-likeness (QED) is 0.597. The van der Waals surface area contributed by atoms with Crippen LogP contribution in [0.15, 0.2) is 36.4 Å². The molecule has 1 aliphatic carbocycles. The van der Waals surface area contributed by atoms with E-state index in [0.717, 1.165) is 36.1 Å². The molecule has 1 heterocycles. The van der Waals surface area contributed by atoms with E-state index in [1.165, 1.54) is 56.1 Å². The molecule has 1 fully saturated rings. The summed E-state index contributed by atoms with van der Waals surface area (Å²) in [5.74, 6) is 1.94. The number of aromatic nitrogens is 2. The Hall–Kier alpha value is -1.70. The van der Waals surface area contributed by atoms with E-state index < -0.39 is 0 Å². The summed E-state index contributed by atoms with van der Waals surface area (Å²) in [5.41, 5.74) is 4.68. The molecule has 0 bridgehead atoms. The maximum absolute atomic E-state index is 4.38. The second-order valence-corrected chi connectivity index (χ2v) is 7.69. The van der Waals surface area contributed by atoms with Gasteiger partial charge in [-0.05, 0) is 48.8 Å². The van der Waals surface area contributed by atoms with Gasteiger partial charge in [-0.2, -0.15) is 10.2 Å². The van der Waals surface area contributed by atoms with Crippen LogP contribution in [0.5, 0.6) is 0 Å². The Morgan fingerprint density at radius 3 is 2.12 bits per heavy atom. The topological polar surface area (TPSA) is 25.8 Å². The molecule has 2 aromatic rings. The maximum atomic E-state index is 4.38. The summed E-state index contributed by atoms with van der Waals surface area (Å²) < 4.78 is 0. The van der Waals surface area contributed by atoms with E-state index in [4.69, 9.17) is 0 Å². The van der Waals surface area contributed by atoms with Gasteiger partial charge in [0.05, 0.1) is 11.4 Å². The van der Waals surface area contributed by atoms with E-state index >= 15 is 0 Å². The van der Waals surface area contributed by atoms with Crippen molar-refractivity contribution in [2.24, 2.45) is 11.8 Å². The molecular formula is C23H32N2. The fourth-order valence-corrected chi connectivity index (χ4v) is 4.04. The molecule has 1 aromatic heterocycles. The van der Waals surface area contributed by atoms with E-state index in [9.17, 15) is 0 Å². The van der Waals surface area contributed by atoms with Crippen LogP contribution in [-0.2, 0) is 12.8 Å². The molecular weight excluding hydrogens is 304 g/mol. The van der Waals surface area contributed by atoms with Crippen LogP contribution in [0.3, 0.4) is 0 Å². The average Bonchev–Trinajstić information content (AvgIpc) is 2.68. The zero-order valence-electron chi connectivity index (χ0n) is 15.9. The third-order valence-corrected chi connectivity index (χ3v) is 5.86. The highest BCUT2D eigenvalue weighted by Gasteiger charge is 2.19. The molecule has 2 heteroatoms. The third kappa shape index (κ3) is 5.14. The first-order valence-corrected chi connectivity index (χ1v) is 10.2. The monoisotopic (exact) mass is 336 g/mol. The molecule has 2 nitrogen and oxygen atoms in total. The lowest BCUT2D eigenvalue weighted by Gasteiger charge is -2.27. The van der Waals surface area contributed by atoms with Crippen molar-refractivity contribution in [1.82, 2.24) is 10.2 Å². The first-order valence-electron chi connectivity index (χ1n) is 10.2. The largest absolute Gasteiger partial charge is 0.155 e. The number of aryl methyl sites for hydroxylation is 2. The Morgan fingerprint density at radius 2 is 1.52 bits per heavy atom. The molecule has 134 valence electrons. The average molecular weight is 337 g/mol. The van der Waals surface area contributed by atoms with Gasteiger partial charge in [0.1, 0.15) is 0 Å². The predicted octanol–water partition coefficient (Wildman–Crippen LogP) is 6.25. The molecule has 0 N–H and O–H groups in total. The summed E-state index contributed by atoms with van der Waals surface area (Å²) in [5, 5.41) is 8.71. The zero-order valence-corrected chi connectivity index (χ0v) is 15.9. The standard InChI is InChI=1S/C23H32N2/c1-3-5-22-16-17-23(25-24-22)21-14-12-20(13-15-21)11-10-19-8-6-18(4-2)7-9-19/h12-19H,3-11H2,1-2H3. The Labute approximate surface area is 153 Å². The van der Waals surface area contributed by atoms with Crippen molar-refractivity contribution in [2.45, 2.75) is 71.6 Å². The van der Waals surface area contributed by atoms with Gasteiger partial charge in [0, 0.05) is 5.56 Å². The van der Waals surface area contributed by atoms with Gasteiger partial charge in [-0.25, -0.2) is 0 Å². The minimum absolute atomic E-state index is 0.944. The van der Waals surface area contributed by atoms with Gasteiger partial charge in [-0.15, -0.1) is 0 Å². The summed E-state index contributed by atoms with van der Waals surface area (Å²) >= 11 is 0. The highest BCUT2D eigenvalue weighted by molar-refractivity contribution is 5.58. The van der Waals surface area contributed by atoms with E-state index in [1.54, 1.807) is 0 Å². The molecule has 0 spiro atoms. The summed E-state index contributed by atoms with van der Waals surface area (Å²) in [7, 11) is 0. The second kappa shape index (κ2) is 9.12. The van der Waals surface area contributed by atoms with Crippen molar-refractivity contribution in [3.05, 3.63) is 47.7 Å². The van der Waals surface area contributed by atoms with Crippen LogP contribution in [0, 0.1) is 11.8 Å². The number of benzene rings is 1. The third-order valence-electron chi connectivity index (χ3n) is 5.86. The molecule has 0 radical (unpaired) electrons. The van der Waals surface area contributed by atoms with Crippen molar-refractivity contribution in [3.8, 4) is 11.3 Å². The van der Waals surface area contributed by atoms with Crippen LogP contribution >= 0.6 is 0 Å². The first kappa shape index (κ1) is 18.1. The lowest BCUT2D eigenvalue weighted by Crippen LogP contribution is -2.14. The first-order chi connectivity index (χ1) is 12.3. The van der Waals surface area contributed by atoms with Gasteiger partial charge in [0.2, 0.25) is 0 Å². The van der Waals surface area contributed by atoms with Crippen LogP contribution in [0.2, 0.25) is 0 Å². The number of nitrogens with zero attached hydrogens (tertiary/aromatic N) is 2. The predicted molar refractivity (Wildman–Crippen MR) is 106 cm³/mol. The van der Waals surface area contributed by atoms with Crippen LogP contribution in [0.1, 0.15) is 70.1 Å². The SMILES string of the molecule is CCCc1ccc(-c2ccc(CCC3CCC(CC)CC3)cc2)nn1. The van der Waals surface area contributed by atoms with Crippen molar-refractivity contribution < 1.29 is 0 Å². The van der Waals surface area contributed by atoms with Gasteiger partial charge in [-0.1, -0.05) is 76.6 Å². The van der Waals surface area contributed by atoms with Crippen LogP contribution in [-0.4, -0.2) is 10.2 Å². The van der Waals surface area contributed by atoms with Crippen molar-refractivity contribution >= 4 is 0 Å². The minimum Gasteiger partial charge on any atom is -0.155 e. The highest BCUT2D eigenvalue weighted by atomic mass is 15.1. The normalized spacial score (nSPS) is 20.6. The molecule has 0 atom stereocenters. The number of hydrogen-bond acceptors (Lipinski definition) is 2. The molecule has 0 aliphatic heterocycles. The summed E-state index contributed by atoms with van der Waals surface area (Å²) in [6.07, 6.45) is 11.8. The zero-order chi connectivity index (χ0) is 17.5. The Kier molecular flexibility index (Phi) is 6.61.